The molecule has 0 aromatic heterocycles. The van der Waals surface area contributed by atoms with E-state index < -0.39 is 0 Å². The predicted octanol–water partition coefficient (Wildman–Crippen LogP) is 3.26. The van der Waals surface area contributed by atoms with Crippen LogP contribution in [0.15, 0.2) is 47.5 Å². The Kier molecular flexibility index (Phi) is 6.32. The van der Waals surface area contributed by atoms with Gasteiger partial charge in [-0.05, 0) is 29.8 Å². The zero-order chi connectivity index (χ0) is 17.5. The smallest absolute Gasteiger partial charge is 0.193 e. The van der Waals surface area contributed by atoms with E-state index in [1.807, 2.05) is 36.2 Å². The molecule has 5 nitrogen and oxygen atoms in total. The summed E-state index contributed by atoms with van der Waals surface area (Å²) in [7, 11) is 5.25. The molecule has 24 heavy (non-hydrogen) atoms. The van der Waals surface area contributed by atoms with Gasteiger partial charge in [-0.3, -0.25) is 4.99 Å². The first-order valence-electron chi connectivity index (χ1n) is 7.56. The summed E-state index contributed by atoms with van der Waals surface area (Å²) < 4.78 is 5.19. The van der Waals surface area contributed by atoms with Crippen molar-refractivity contribution >= 4 is 17.6 Å². The Labute approximate surface area is 147 Å². The summed E-state index contributed by atoms with van der Waals surface area (Å²) >= 11 is 6.21. The van der Waals surface area contributed by atoms with Gasteiger partial charge in [-0.2, -0.15) is 0 Å². The van der Waals surface area contributed by atoms with Crippen LogP contribution in [0.3, 0.4) is 0 Å². The molecule has 0 saturated heterocycles. The minimum Gasteiger partial charge on any atom is -0.508 e. The number of guanidine groups is 1. The highest BCUT2D eigenvalue weighted by atomic mass is 35.5. The molecular weight excluding hydrogens is 326 g/mol. The number of methoxy groups -OCH3 is 1. The van der Waals surface area contributed by atoms with Crippen molar-refractivity contribution in [1.82, 2.24) is 10.2 Å². The van der Waals surface area contributed by atoms with Crippen molar-refractivity contribution in [2.24, 2.45) is 4.99 Å². The molecule has 2 aromatic rings. The van der Waals surface area contributed by atoms with Crippen molar-refractivity contribution in [3.05, 3.63) is 58.6 Å². The normalized spacial score (nSPS) is 11.2. The maximum absolute atomic E-state index is 9.96. The van der Waals surface area contributed by atoms with Gasteiger partial charge in [-0.1, -0.05) is 29.8 Å². The zero-order valence-corrected chi connectivity index (χ0v) is 14.8. The molecule has 2 aromatic carbocycles. The Hall–Kier alpha value is -2.40. The molecule has 0 heterocycles. The fourth-order valence-corrected chi connectivity index (χ4v) is 2.54. The molecular formula is C18H22ClN3O2. The molecule has 2 rings (SSSR count). The molecule has 128 valence electrons. The minimum atomic E-state index is 0.215. The third kappa shape index (κ3) is 4.55. The van der Waals surface area contributed by atoms with Crippen molar-refractivity contribution in [1.29, 1.82) is 0 Å². The van der Waals surface area contributed by atoms with Gasteiger partial charge in [-0.15, -0.1) is 0 Å². The maximum Gasteiger partial charge on any atom is 0.193 e. The number of phenolic OH excluding ortho intramolecular Hbond substituents is 1. The Morgan fingerprint density at radius 3 is 2.67 bits per heavy atom. The van der Waals surface area contributed by atoms with Crippen LogP contribution in [0.4, 0.5) is 0 Å². The van der Waals surface area contributed by atoms with E-state index in [1.54, 1.807) is 32.4 Å². The van der Waals surface area contributed by atoms with Crippen LogP contribution >= 0.6 is 11.6 Å². The molecule has 0 aliphatic heterocycles. The molecule has 0 aliphatic carbocycles. The summed E-state index contributed by atoms with van der Waals surface area (Å²) in [5.74, 6) is 1.62. The first-order chi connectivity index (χ1) is 11.5. The summed E-state index contributed by atoms with van der Waals surface area (Å²) in [6, 6.07) is 12.9. The van der Waals surface area contributed by atoms with Gasteiger partial charge in [0.2, 0.25) is 0 Å². The lowest BCUT2D eigenvalue weighted by atomic mass is 10.2. The summed E-state index contributed by atoms with van der Waals surface area (Å²) in [6.07, 6.45) is 0. The topological polar surface area (TPSA) is 57.1 Å². The van der Waals surface area contributed by atoms with Gasteiger partial charge in [0.15, 0.2) is 5.96 Å². The molecule has 0 spiro atoms. The number of nitrogens with one attached hydrogen (secondary N) is 1. The average molecular weight is 348 g/mol. The van der Waals surface area contributed by atoms with Crippen LogP contribution < -0.4 is 10.1 Å². The zero-order valence-electron chi connectivity index (χ0n) is 14.1. The highest BCUT2D eigenvalue weighted by Gasteiger charge is 2.10. The lowest BCUT2D eigenvalue weighted by molar-refractivity contribution is 0.410. The molecule has 0 radical (unpaired) electrons. The summed E-state index contributed by atoms with van der Waals surface area (Å²) in [4.78, 5) is 6.25. The number of ether oxygens (including phenoxy) is 1. The van der Waals surface area contributed by atoms with Gasteiger partial charge in [-0.25, -0.2) is 0 Å². The largest absolute Gasteiger partial charge is 0.508 e. The molecule has 0 atom stereocenters. The van der Waals surface area contributed by atoms with E-state index in [9.17, 15) is 5.11 Å². The monoisotopic (exact) mass is 347 g/mol. The first kappa shape index (κ1) is 17.9. The van der Waals surface area contributed by atoms with E-state index in [4.69, 9.17) is 16.3 Å². The molecule has 0 amide bonds. The van der Waals surface area contributed by atoms with Crippen LogP contribution in [0.25, 0.3) is 0 Å². The van der Waals surface area contributed by atoms with Crippen LogP contribution in [0.1, 0.15) is 11.1 Å². The highest BCUT2D eigenvalue weighted by molar-refractivity contribution is 6.31. The van der Waals surface area contributed by atoms with Gasteiger partial charge in [0, 0.05) is 37.8 Å². The minimum absolute atomic E-state index is 0.215. The van der Waals surface area contributed by atoms with Gasteiger partial charge < -0.3 is 20.1 Å². The number of benzene rings is 2. The second-order valence-corrected chi connectivity index (χ2v) is 5.75. The standard InChI is InChI=1S/C18H22ClN3O2/c1-20-18(22(2)12-13-6-4-5-7-16(13)19)21-11-14-10-15(24-3)8-9-17(14)23/h4-10,23H,11-12H2,1-3H3,(H,20,21). The third-order valence-corrected chi connectivity index (χ3v) is 4.03. The number of rotatable bonds is 5. The second kappa shape index (κ2) is 8.45. The van der Waals surface area contributed by atoms with Crippen molar-refractivity contribution in [3.8, 4) is 11.5 Å². The number of halogens is 1. The fourth-order valence-electron chi connectivity index (χ4n) is 2.35. The molecule has 0 fully saturated rings. The van der Waals surface area contributed by atoms with Gasteiger partial charge in [0.1, 0.15) is 11.5 Å². The molecule has 0 aliphatic rings. The third-order valence-electron chi connectivity index (χ3n) is 3.66. The maximum atomic E-state index is 9.96. The number of hydrogen-bond acceptors (Lipinski definition) is 3. The summed E-state index contributed by atoms with van der Waals surface area (Å²) in [5.41, 5.74) is 1.76. The number of phenols is 1. The number of nitrogens with zero attached hydrogens (tertiary/aromatic N) is 2. The van der Waals surface area contributed by atoms with Crippen molar-refractivity contribution in [3.63, 3.8) is 0 Å². The molecule has 2 N–H and O–H groups in total. The average Bonchev–Trinajstić information content (AvgIpc) is 2.59. The van der Waals surface area contributed by atoms with E-state index in [2.05, 4.69) is 10.3 Å². The molecule has 6 heteroatoms. The van der Waals surface area contributed by atoms with Crippen LogP contribution in [0, 0.1) is 0 Å². The van der Waals surface area contributed by atoms with Crippen LogP contribution in [0.2, 0.25) is 5.02 Å². The quantitative estimate of drug-likeness (QED) is 0.644. The van der Waals surface area contributed by atoms with Crippen LogP contribution in [-0.4, -0.2) is 37.2 Å². The van der Waals surface area contributed by atoms with Crippen molar-refractivity contribution in [2.75, 3.05) is 21.2 Å². The van der Waals surface area contributed by atoms with Gasteiger partial charge in [0.25, 0.3) is 0 Å². The van der Waals surface area contributed by atoms with E-state index in [-0.39, 0.29) is 5.75 Å². The SMILES string of the molecule is CN=C(NCc1cc(OC)ccc1O)N(C)Cc1ccccc1Cl. The predicted molar refractivity (Wildman–Crippen MR) is 97.8 cm³/mol. The number of hydrogen-bond donors (Lipinski definition) is 2. The Bertz CT molecular complexity index is 719. The van der Waals surface area contributed by atoms with E-state index in [1.165, 1.54) is 0 Å². The van der Waals surface area contributed by atoms with E-state index >= 15 is 0 Å². The number of aliphatic imine (C=N–C) groups is 1. The number of aromatic hydroxyl groups is 1. The Balaban J connectivity index is 2.03. The van der Waals surface area contributed by atoms with Crippen molar-refractivity contribution in [2.45, 2.75) is 13.1 Å². The van der Waals surface area contributed by atoms with Crippen LogP contribution in [-0.2, 0) is 13.1 Å². The fraction of sp³-hybridized carbons (Fsp3) is 0.278. The van der Waals surface area contributed by atoms with E-state index in [0.717, 1.165) is 16.1 Å². The van der Waals surface area contributed by atoms with Crippen LogP contribution in [0.5, 0.6) is 11.5 Å². The Morgan fingerprint density at radius 1 is 1.25 bits per heavy atom. The van der Waals surface area contributed by atoms with E-state index in [0.29, 0.717) is 24.8 Å². The highest BCUT2D eigenvalue weighted by Crippen LogP contribution is 2.22. The molecule has 0 unspecified atom stereocenters. The first-order valence-corrected chi connectivity index (χ1v) is 7.94. The second-order valence-electron chi connectivity index (χ2n) is 5.34. The summed E-state index contributed by atoms with van der Waals surface area (Å²) in [6.45, 7) is 1.06. The summed E-state index contributed by atoms with van der Waals surface area (Å²) in [5, 5.41) is 13.9. The molecule has 0 bridgehead atoms. The Morgan fingerprint density at radius 2 is 2.00 bits per heavy atom. The van der Waals surface area contributed by atoms with Crippen molar-refractivity contribution < 1.29 is 9.84 Å². The van der Waals surface area contributed by atoms with Gasteiger partial charge >= 0.3 is 0 Å². The lowest BCUT2D eigenvalue weighted by Gasteiger charge is -2.23. The lowest BCUT2D eigenvalue weighted by Crippen LogP contribution is -2.38. The molecule has 0 saturated carbocycles. The van der Waals surface area contributed by atoms with Gasteiger partial charge in [0.05, 0.1) is 7.11 Å².